The average molecular weight is 287 g/mol. The summed E-state index contributed by atoms with van der Waals surface area (Å²) >= 11 is 0. The van der Waals surface area contributed by atoms with Gasteiger partial charge >= 0.3 is 0 Å². The Morgan fingerprint density at radius 2 is 1.65 bits per heavy atom. The van der Waals surface area contributed by atoms with Gasteiger partial charge in [-0.1, -0.05) is 45.1 Å². The molecule has 4 atom stereocenters. The smallest absolute Gasteiger partial charge is 0.111 e. The van der Waals surface area contributed by atoms with Crippen LogP contribution < -0.4 is 5.32 Å². The van der Waals surface area contributed by atoms with Gasteiger partial charge in [0, 0.05) is 0 Å². The number of hydrogen-bond acceptors (Lipinski definition) is 5. The third kappa shape index (κ3) is 5.14. The number of unbranched alkanes of at least 4 members (excludes halogenated alkanes) is 5. The molecule has 0 aromatic heterocycles. The Bertz CT molecular complexity index is 296. The third-order valence-electron chi connectivity index (χ3n) is 3.91. The van der Waals surface area contributed by atoms with Gasteiger partial charge in [-0.15, -0.1) is 0 Å². The minimum absolute atomic E-state index is 0.305. The van der Waals surface area contributed by atoms with Crippen LogP contribution in [0.25, 0.3) is 0 Å². The summed E-state index contributed by atoms with van der Waals surface area (Å²) in [6.07, 6.45) is 5.34. The molecule has 118 valence electrons. The van der Waals surface area contributed by atoms with Crippen molar-refractivity contribution >= 4 is 0 Å². The number of aliphatic hydroxyl groups is 4. The van der Waals surface area contributed by atoms with Gasteiger partial charge in [0.25, 0.3) is 0 Å². The molecule has 0 saturated carbocycles. The summed E-state index contributed by atoms with van der Waals surface area (Å²) in [6.45, 7) is 2.64. The van der Waals surface area contributed by atoms with E-state index in [0.29, 0.717) is 5.57 Å². The lowest BCUT2D eigenvalue weighted by molar-refractivity contribution is -0.0641. The zero-order valence-electron chi connectivity index (χ0n) is 12.3. The first-order valence-corrected chi connectivity index (χ1v) is 7.70. The monoisotopic (exact) mass is 287 g/mol. The van der Waals surface area contributed by atoms with Gasteiger partial charge in [-0.3, -0.25) is 0 Å². The van der Waals surface area contributed by atoms with Gasteiger partial charge in [0.1, 0.15) is 18.3 Å². The SMILES string of the molecule is CCCCCCCCN[C@@H]1C=C(CO)[C@@H](O)[C@H](O)[C@H]1O. The van der Waals surface area contributed by atoms with Crippen LogP contribution in [0, 0.1) is 0 Å². The van der Waals surface area contributed by atoms with Gasteiger partial charge in [-0.2, -0.15) is 0 Å². The molecule has 0 unspecified atom stereocenters. The quantitative estimate of drug-likeness (QED) is 0.311. The topological polar surface area (TPSA) is 93.0 Å². The van der Waals surface area contributed by atoms with E-state index in [2.05, 4.69) is 12.2 Å². The summed E-state index contributed by atoms with van der Waals surface area (Å²) in [5.41, 5.74) is 0.364. The van der Waals surface area contributed by atoms with Crippen LogP contribution in [0.15, 0.2) is 11.6 Å². The van der Waals surface area contributed by atoms with Gasteiger partial charge in [-0.25, -0.2) is 0 Å². The first kappa shape index (κ1) is 17.6. The first-order chi connectivity index (χ1) is 9.61. The molecule has 0 bridgehead atoms. The van der Waals surface area contributed by atoms with Crippen molar-refractivity contribution in [2.45, 2.75) is 69.8 Å². The second-order valence-electron chi connectivity index (χ2n) is 5.57. The Hall–Kier alpha value is -0.460. The van der Waals surface area contributed by atoms with Gasteiger partial charge in [0.15, 0.2) is 0 Å². The predicted octanol–water partition coefficient (Wildman–Crippen LogP) is 0.320. The molecule has 1 aliphatic rings. The molecule has 1 aliphatic carbocycles. The van der Waals surface area contributed by atoms with Crippen LogP contribution in [0.4, 0.5) is 0 Å². The van der Waals surface area contributed by atoms with Gasteiger partial charge < -0.3 is 25.7 Å². The van der Waals surface area contributed by atoms with E-state index in [1.54, 1.807) is 6.08 Å². The van der Waals surface area contributed by atoms with Crippen molar-refractivity contribution in [2.75, 3.05) is 13.2 Å². The lowest BCUT2D eigenvalue weighted by Crippen LogP contribution is -2.54. The van der Waals surface area contributed by atoms with Crippen molar-refractivity contribution in [3.05, 3.63) is 11.6 Å². The zero-order chi connectivity index (χ0) is 15.0. The third-order valence-corrected chi connectivity index (χ3v) is 3.91. The van der Waals surface area contributed by atoms with Crippen LogP contribution >= 0.6 is 0 Å². The second-order valence-corrected chi connectivity index (χ2v) is 5.57. The maximum atomic E-state index is 9.90. The van der Waals surface area contributed by atoms with Crippen molar-refractivity contribution in [3.63, 3.8) is 0 Å². The van der Waals surface area contributed by atoms with E-state index in [9.17, 15) is 15.3 Å². The Kier molecular flexibility index (Phi) is 8.33. The Balaban J connectivity index is 2.29. The average Bonchev–Trinajstić information content (AvgIpc) is 2.46. The molecular weight excluding hydrogens is 258 g/mol. The summed E-state index contributed by atoms with van der Waals surface area (Å²) in [7, 11) is 0. The molecule has 0 heterocycles. The summed E-state index contributed by atoms with van der Waals surface area (Å²) in [5, 5.41) is 41.6. The van der Waals surface area contributed by atoms with E-state index in [1.807, 2.05) is 0 Å². The van der Waals surface area contributed by atoms with Crippen molar-refractivity contribution in [1.82, 2.24) is 5.32 Å². The number of hydrogen-bond donors (Lipinski definition) is 5. The van der Waals surface area contributed by atoms with Gasteiger partial charge in [-0.05, 0) is 18.5 Å². The molecular formula is C15H29NO4. The molecule has 0 spiro atoms. The summed E-state index contributed by atoms with van der Waals surface area (Å²) in [5.74, 6) is 0. The highest BCUT2D eigenvalue weighted by Crippen LogP contribution is 2.20. The van der Waals surface area contributed by atoms with E-state index in [4.69, 9.17) is 5.11 Å². The van der Waals surface area contributed by atoms with E-state index in [1.165, 1.54) is 25.7 Å². The molecule has 20 heavy (non-hydrogen) atoms. The van der Waals surface area contributed by atoms with Crippen LogP contribution in [0.5, 0.6) is 0 Å². The summed E-state index contributed by atoms with van der Waals surface area (Å²) in [6, 6.07) is -0.411. The number of nitrogens with one attached hydrogen (secondary N) is 1. The predicted molar refractivity (Wildman–Crippen MR) is 78.4 cm³/mol. The van der Waals surface area contributed by atoms with Gasteiger partial charge in [0.05, 0.1) is 12.6 Å². The van der Waals surface area contributed by atoms with E-state index < -0.39 is 24.4 Å². The van der Waals surface area contributed by atoms with E-state index in [0.717, 1.165) is 19.4 Å². The fraction of sp³-hybridized carbons (Fsp3) is 0.867. The molecule has 0 saturated heterocycles. The molecule has 0 radical (unpaired) electrons. The van der Waals surface area contributed by atoms with Crippen LogP contribution in [0.1, 0.15) is 45.4 Å². The van der Waals surface area contributed by atoms with Crippen LogP contribution in [-0.2, 0) is 0 Å². The maximum Gasteiger partial charge on any atom is 0.111 e. The molecule has 0 aliphatic heterocycles. The highest BCUT2D eigenvalue weighted by atomic mass is 16.4. The van der Waals surface area contributed by atoms with E-state index >= 15 is 0 Å². The fourth-order valence-corrected chi connectivity index (χ4v) is 2.55. The molecule has 0 amide bonds. The van der Waals surface area contributed by atoms with Crippen molar-refractivity contribution < 1.29 is 20.4 Å². The second kappa shape index (κ2) is 9.47. The standard InChI is InChI=1S/C15H29NO4/c1-2-3-4-5-6-7-8-16-12-9-11(10-17)13(18)15(20)14(12)19/h9,12-20H,2-8,10H2,1H3/t12-,13-,14+,15+/m1/s1. The maximum absolute atomic E-state index is 9.90. The Morgan fingerprint density at radius 3 is 2.30 bits per heavy atom. The molecule has 0 fully saturated rings. The highest BCUT2D eigenvalue weighted by Gasteiger charge is 2.36. The first-order valence-electron chi connectivity index (χ1n) is 7.70. The minimum Gasteiger partial charge on any atom is -0.392 e. The molecule has 5 N–H and O–H groups in total. The molecule has 0 aromatic rings. The van der Waals surface area contributed by atoms with E-state index in [-0.39, 0.29) is 6.61 Å². The molecule has 5 nitrogen and oxygen atoms in total. The van der Waals surface area contributed by atoms with Crippen LogP contribution in [0.2, 0.25) is 0 Å². The van der Waals surface area contributed by atoms with Crippen molar-refractivity contribution in [2.24, 2.45) is 0 Å². The largest absolute Gasteiger partial charge is 0.392 e. The summed E-state index contributed by atoms with van der Waals surface area (Å²) in [4.78, 5) is 0. The normalized spacial score (nSPS) is 30.4. The Labute approximate surface area is 121 Å². The van der Waals surface area contributed by atoms with Crippen LogP contribution in [-0.4, -0.2) is 57.9 Å². The lowest BCUT2D eigenvalue weighted by Gasteiger charge is -2.34. The van der Waals surface area contributed by atoms with Crippen LogP contribution in [0.3, 0.4) is 0 Å². The fourth-order valence-electron chi connectivity index (χ4n) is 2.55. The molecule has 5 heteroatoms. The minimum atomic E-state index is -1.25. The molecule has 1 rings (SSSR count). The summed E-state index contributed by atoms with van der Waals surface area (Å²) < 4.78 is 0. The van der Waals surface area contributed by atoms with Crippen molar-refractivity contribution in [3.8, 4) is 0 Å². The number of aliphatic hydroxyl groups excluding tert-OH is 4. The lowest BCUT2D eigenvalue weighted by atomic mass is 9.88. The highest BCUT2D eigenvalue weighted by molar-refractivity contribution is 5.21. The Morgan fingerprint density at radius 1 is 1.00 bits per heavy atom. The van der Waals surface area contributed by atoms with Crippen molar-refractivity contribution in [1.29, 1.82) is 0 Å². The molecule has 0 aromatic carbocycles. The number of rotatable bonds is 9. The zero-order valence-corrected chi connectivity index (χ0v) is 12.3. The van der Waals surface area contributed by atoms with Gasteiger partial charge in [0.2, 0.25) is 0 Å².